The number of Topliss-reactive ketones (excluding diaryl/α,β-unsaturated/α-hetero) is 2. The number of carbonyl (C=O) groups excluding carboxylic acids is 3. The monoisotopic (exact) mass is 550 g/mol. The summed E-state index contributed by atoms with van der Waals surface area (Å²) < 4.78 is 17.1. The van der Waals surface area contributed by atoms with Crippen molar-refractivity contribution in [1.82, 2.24) is 15.1 Å². The average molecular weight is 551 g/mol. The van der Waals surface area contributed by atoms with Crippen LogP contribution in [0.4, 0.5) is 0 Å². The van der Waals surface area contributed by atoms with Crippen molar-refractivity contribution in [2.24, 2.45) is 0 Å². The molecule has 1 amide bonds. The number of ether oxygens (including phenoxy) is 3. The Bertz CT molecular complexity index is 1410. The maximum atomic E-state index is 13.4. The summed E-state index contributed by atoms with van der Waals surface area (Å²) >= 11 is 0. The molecule has 11 heteroatoms. The van der Waals surface area contributed by atoms with Gasteiger partial charge in [-0.2, -0.15) is 5.26 Å². The fraction of sp³-hybridized carbons (Fsp3) is 0.517. The molecule has 2 N–H and O–H groups in total. The number of amides is 1. The van der Waals surface area contributed by atoms with E-state index in [1.165, 1.54) is 21.0 Å². The highest BCUT2D eigenvalue weighted by molar-refractivity contribution is 6.50. The number of allylic oxidation sites excluding steroid dienone is 2. The fourth-order valence-corrected chi connectivity index (χ4v) is 7.06. The molecule has 11 nitrogen and oxygen atoms in total. The van der Waals surface area contributed by atoms with Crippen LogP contribution in [0.2, 0.25) is 0 Å². The van der Waals surface area contributed by atoms with Crippen molar-refractivity contribution in [2.45, 2.75) is 63.8 Å². The molecule has 2 bridgehead atoms. The Morgan fingerprint density at radius 1 is 1.18 bits per heavy atom. The van der Waals surface area contributed by atoms with Gasteiger partial charge < -0.3 is 24.6 Å². The number of nitrogens with zero attached hydrogens (tertiary/aromatic N) is 3. The summed E-state index contributed by atoms with van der Waals surface area (Å²) in [6.45, 7) is 4.76. The Morgan fingerprint density at radius 3 is 2.52 bits per heavy atom. The van der Waals surface area contributed by atoms with E-state index in [0.717, 1.165) is 16.7 Å². The standard InChI is InChI=1S/C29H34N4O7/c1-13-7-16-8-18-20(10-30)33-19(24(32(18)4)22(16)29(28(13)39-6)40-12-38-5)9-17-23(21(33)11-31-15(3)34)27(37)26(36)14(2)25(17)35/h7,18-21,24,35H,8-9,11-12H2,1-6H3,(H,31,34)/t18-,19?,20-,21?,24+/m0/s1. The minimum atomic E-state index is -0.787. The van der Waals surface area contributed by atoms with Crippen LogP contribution in [-0.4, -0.2) is 91.2 Å². The van der Waals surface area contributed by atoms with Crippen LogP contribution in [0.15, 0.2) is 28.5 Å². The summed E-state index contributed by atoms with van der Waals surface area (Å²) in [6, 6.07) is 2.11. The maximum Gasteiger partial charge on any atom is 0.232 e. The van der Waals surface area contributed by atoms with E-state index in [4.69, 9.17) is 14.2 Å². The van der Waals surface area contributed by atoms with E-state index in [1.54, 1.807) is 7.11 Å². The van der Waals surface area contributed by atoms with Gasteiger partial charge >= 0.3 is 0 Å². The number of nitriles is 1. The Kier molecular flexibility index (Phi) is 7.20. The van der Waals surface area contributed by atoms with E-state index in [-0.39, 0.29) is 54.7 Å². The van der Waals surface area contributed by atoms with Crippen molar-refractivity contribution in [3.05, 3.63) is 45.2 Å². The number of methoxy groups -OCH3 is 2. The molecule has 0 radical (unpaired) electrons. The van der Waals surface area contributed by atoms with Crippen LogP contribution in [-0.2, 0) is 25.5 Å². The SMILES string of the molecule is COCOc1c(OC)c(C)cc2c1[C@H]1C3CC4=C(C(=O)C(=O)C(C)=C4O)C(CNC(C)=O)N3[C@@H](C#N)[C@H](C2)N1C. The third-order valence-corrected chi connectivity index (χ3v) is 8.73. The molecule has 3 heterocycles. The summed E-state index contributed by atoms with van der Waals surface area (Å²) in [5.74, 6) is -0.863. The summed E-state index contributed by atoms with van der Waals surface area (Å²) in [5.41, 5.74) is 3.35. The van der Waals surface area contributed by atoms with Gasteiger partial charge in [-0.05, 0) is 44.9 Å². The van der Waals surface area contributed by atoms with Crippen LogP contribution >= 0.6 is 0 Å². The number of fused-ring (bicyclic) bond motifs is 6. The molecule has 1 fully saturated rings. The molecule has 5 rings (SSSR count). The number of nitrogens with one attached hydrogen (secondary N) is 1. The van der Waals surface area contributed by atoms with Gasteiger partial charge in [0.15, 0.2) is 18.3 Å². The second-order valence-electron chi connectivity index (χ2n) is 10.8. The predicted octanol–water partition coefficient (Wildman–Crippen LogP) is 1.65. The molecule has 1 aromatic carbocycles. The summed E-state index contributed by atoms with van der Waals surface area (Å²) in [5, 5.41) is 24.5. The van der Waals surface area contributed by atoms with Crippen molar-refractivity contribution in [3.8, 4) is 17.6 Å². The average Bonchev–Trinajstić information content (AvgIpc) is 2.92. The molecule has 0 saturated carbocycles. The highest BCUT2D eigenvalue weighted by atomic mass is 16.7. The Labute approximate surface area is 233 Å². The highest BCUT2D eigenvalue weighted by Crippen LogP contribution is 2.54. The molecule has 1 aromatic rings. The molecule has 1 aliphatic carbocycles. The molecule has 2 unspecified atom stereocenters. The number of piperazine rings is 1. The lowest BCUT2D eigenvalue weighted by Gasteiger charge is -2.60. The zero-order chi connectivity index (χ0) is 29.0. The van der Waals surface area contributed by atoms with E-state index in [9.17, 15) is 24.8 Å². The van der Waals surface area contributed by atoms with Gasteiger partial charge in [0.25, 0.3) is 0 Å². The van der Waals surface area contributed by atoms with Gasteiger partial charge in [-0.1, -0.05) is 6.07 Å². The van der Waals surface area contributed by atoms with Crippen molar-refractivity contribution in [3.63, 3.8) is 0 Å². The van der Waals surface area contributed by atoms with Gasteiger partial charge in [0.1, 0.15) is 11.8 Å². The minimum Gasteiger partial charge on any atom is -0.507 e. The van der Waals surface area contributed by atoms with Gasteiger partial charge in [0.2, 0.25) is 17.5 Å². The highest BCUT2D eigenvalue weighted by Gasteiger charge is 2.57. The third kappa shape index (κ3) is 4.01. The normalized spacial score (nSPS) is 28.0. The second kappa shape index (κ2) is 10.4. The van der Waals surface area contributed by atoms with E-state index in [0.29, 0.717) is 23.5 Å². The number of carbonyl (C=O) groups is 3. The third-order valence-electron chi connectivity index (χ3n) is 8.73. The first-order valence-corrected chi connectivity index (χ1v) is 13.2. The largest absolute Gasteiger partial charge is 0.507 e. The lowest BCUT2D eigenvalue weighted by atomic mass is 9.70. The zero-order valence-electron chi connectivity index (χ0n) is 23.5. The molecular weight excluding hydrogens is 516 g/mol. The summed E-state index contributed by atoms with van der Waals surface area (Å²) in [4.78, 5) is 42.4. The first-order chi connectivity index (χ1) is 19.1. The van der Waals surface area contributed by atoms with Crippen LogP contribution < -0.4 is 14.8 Å². The van der Waals surface area contributed by atoms with Crippen LogP contribution in [0.25, 0.3) is 0 Å². The van der Waals surface area contributed by atoms with Crippen molar-refractivity contribution >= 4 is 17.5 Å². The topological polar surface area (TPSA) is 141 Å². The van der Waals surface area contributed by atoms with Gasteiger partial charge in [-0.25, -0.2) is 0 Å². The number of benzene rings is 1. The number of hydrogen-bond acceptors (Lipinski definition) is 10. The van der Waals surface area contributed by atoms with Gasteiger partial charge in [-0.15, -0.1) is 0 Å². The first-order valence-electron chi connectivity index (χ1n) is 13.2. The lowest BCUT2D eigenvalue weighted by molar-refractivity contribution is -0.134. The van der Waals surface area contributed by atoms with Crippen molar-refractivity contribution in [2.75, 3.05) is 34.6 Å². The Morgan fingerprint density at radius 2 is 1.90 bits per heavy atom. The fourth-order valence-electron chi connectivity index (χ4n) is 7.06. The second-order valence-corrected chi connectivity index (χ2v) is 10.8. The van der Waals surface area contributed by atoms with E-state index >= 15 is 0 Å². The number of aliphatic hydroxyl groups excluding tert-OH is 1. The minimum absolute atomic E-state index is 0.000180. The molecule has 3 aliphatic heterocycles. The van der Waals surface area contributed by atoms with Gasteiger partial charge in [0.05, 0.1) is 25.3 Å². The van der Waals surface area contributed by atoms with E-state index in [2.05, 4.69) is 22.4 Å². The maximum absolute atomic E-state index is 13.4. The molecule has 0 aromatic heterocycles. The number of aryl methyl sites for hydroxylation is 1. The van der Waals surface area contributed by atoms with Crippen LogP contribution in [0.1, 0.15) is 43.0 Å². The molecule has 212 valence electrons. The van der Waals surface area contributed by atoms with Gasteiger partial charge in [0, 0.05) is 54.9 Å². The number of aliphatic hydroxyl groups is 1. The molecule has 40 heavy (non-hydrogen) atoms. The van der Waals surface area contributed by atoms with E-state index in [1.807, 2.05) is 18.9 Å². The lowest BCUT2D eigenvalue weighted by Crippen LogP contribution is -2.71. The first kappa shape index (κ1) is 27.8. The quantitative estimate of drug-likeness (QED) is 0.305. The molecular formula is C29H34N4O7. The predicted molar refractivity (Wildman–Crippen MR) is 143 cm³/mol. The number of likely N-dealkylation sites (N-methyl/N-ethyl adjacent to an activating group) is 1. The van der Waals surface area contributed by atoms with E-state index < -0.39 is 29.7 Å². The zero-order valence-corrected chi connectivity index (χ0v) is 23.5. The van der Waals surface area contributed by atoms with Crippen molar-refractivity contribution < 1.29 is 33.7 Å². The summed E-state index contributed by atoms with van der Waals surface area (Å²) in [6.07, 6.45) is 0.751. The Balaban J connectivity index is 1.76. The molecule has 4 aliphatic rings. The van der Waals surface area contributed by atoms with Gasteiger partial charge in [-0.3, -0.25) is 24.2 Å². The Hall–Kier alpha value is -3.72. The van der Waals surface area contributed by atoms with Crippen LogP contribution in [0.3, 0.4) is 0 Å². The molecule has 5 atom stereocenters. The number of ketones is 2. The molecule has 0 spiro atoms. The number of hydrogen-bond donors (Lipinski definition) is 2. The molecule has 1 saturated heterocycles. The van der Waals surface area contributed by atoms with Crippen LogP contribution in [0, 0.1) is 18.3 Å². The van der Waals surface area contributed by atoms with Crippen molar-refractivity contribution in [1.29, 1.82) is 5.26 Å². The summed E-state index contributed by atoms with van der Waals surface area (Å²) in [7, 11) is 5.09. The van der Waals surface area contributed by atoms with Crippen LogP contribution in [0.5, 0.6) is 11.5 Å². The smallest absolute Gasteiger partial charge is 0.232 e. The number of rotatable bonds is 6.